The van der Waals surface area contributed by atoms with Gasteiger partial charge in [0.15, 0.2) is 0 Å². The van der Waals surface area contributed by atoms with E-state index in [1.54, 1.807) is 23.5 Å². The van der Waals surface area contributed by atoms with E-state index >= 15 is 0 Å². The molecule has 0 N–H and O–H groups in total. The molecule has 0 aromatic heterocycles. The van der Waals surface area contributed by atoms with Crippen molar-refractivity contribution in [1.82, 2.24) is 9.21 Å². The van der Waals surface area contributed by atoms with Crippen LogP contribution in [0.3, 0.4) is 0 Å². The Kier molecular flexibility index (Phi) is 4.84. The Hall–Kier alpha value is -1.11. The normalized spacial score (nSPS) is 24.5. The predicted octanol–water partition coefficient (Wildman–Crippen LogP) is 2.03. The number of aryl methyl sites for hydroxylation is 2. The first-order chi connectivity index (χ1) is 10.2. The molecule has 1 aromatic rings. The van der Waals surface area contributed by atoms with E-state index in [0.29, 0.717) is 11.4 Å². The number of piperazine rings is 1. The van der Waals surface area contributed by atoms with Crippen molar-refractivity contribution in [2.24, 2.45) is 0 Å². The van der Waals surface area contributed by atoms with Crippen molar-refractivity contribution < 1.29 is 13.2 Å². The van der Waals surface area contributed by atoms with E-state index in [1.807, 2.05) is 27.8 Å². The Bertz CT molecular complexity index is 658. The summed E-state index contributed by atoms with van der Waals surface area (Å²) in [6.45, 7) is 9.00. The van der Waals surface area contributed by atoms with Gasteiger partial charge in [0.05, 0.1) is 12.0 Å². The molecule has 0 saturated carbocycles. The van der Waals surface area contributed by atoms with Crippen molar-refractivity contribution in [2.75, 3.05) is 27.2 Å². The van der Waals surface area contributed by atoms with Crippen LogP contribution in [0.1, 0.15) is 25.0 Å². The topological polar surface area (TPSA) is 49.9 Å². The second-order valence-electron chi connectivity index (χ2n) is 6.16. The highest BCUT2D eigenvalue weighted by Gasteiger charge is 2.37. The standard InChI is InChI=1S/C16H26N2O3S/c1-11-10-16(12(2)9-15(11)21-6)22(19,20)18-8-7-17(5)13(3)14(18)4/h9-10,13-14H,7-8H2,1-6H3/t13-,14+/m1/s1. The van der Waals surface area contributed by atoms with Crippen molar-refractivity contribution in [3.8, 4) is 5.75 Å². The number of methoxy groups -OCH3 is 1. The van der Waals surface area contributed by atoms with Crippen LogP contribution in [0.5, 0.6) is 5.75 Å². The highest BCUT2D eigenvalue weighted by molar-refractivity contribution is 7.89. The van der Waals surface area contributed by atoms with E-state index in [9.17, 15) is 8.42 Å². The predicted molar refractivity (Wildman–Crippen MR) is 87.9 cm³/mol. The third kappa shape index (κ3) is 2.87. The highest BCUT2D eigenvalue weighted by atomic mass is 32.2. The Morgan fingerprint density at radius 3 is 2.32 bits per heavy atom. The zero-order chi connectivity index (χ0) is 16.7. The minimum absolute atomic E-state index is 0.0504. The van der Waals surface area contributed by atoms with Crippen molar-refractivity contribution >= 4 is 10.0 Å². The summed E-state index contributed by atoms with van der Waals surface area (Å²) in [5.74, 6) is 0.719. The molecule has 2 atom stereocenters. The number of hydrogen-bond acceptors (Lipinski definition) is 4. The van der Waals surface area contributed by atoms with Crippen LogP contribution in [0.15, 0.2) is 17.0 Å². The Balaban J connectivity index is 2.45. The maximum absolute atomic E-state index is 13.1. The molecule has 0 aliphatic carbocycles. The molecule has 1 saturated heterocycles. The summed E-state index contributed by atoms with van der Waals surface area (Å²) >= 11 is 0. The van der Waals surface area contributed by atoms with Crippen LogP contribution >= 0.6 is 0 Å². The van der Waals surface area contributed by atoms with Crippen LogP contribution in [-0.2, 0) is 10.0 Å². The van der Waals surface area contributed by atoms with Gasteiger partial charge in [-0.2, -0.15) is 4.31 Å². The van der Waals surface area contributed by atoms with Crippen LogP contribution in [0.25, 0.3) is 0 Å². The lowest BCUT2D eigenvalue weighted by Gasteiger charge is -2.42. The number of rotatable bonds is 3. The average Bonchev–Trinajstić information content (AvgIpc) is 2.46. The molecule has 1 aliphatic rings. The van der Waals surface area contributed by atoms with E-state index < -0.39 is 10.0 Å². The molecule has 0 bridgehead atoms. The summed E-state index contributed by atoms with van der Waals surface area (Å²) in [6, 6.07) is 3.67. The first kappa shape index (κ1) is 17.2. The fourth-order valence-corrected chi connectivity index (χ4v) is 4.98. The molecule has 124 valence electrons. The fraction of sp³-hybridized carbons (Fsp3) is 0.625. The molecule has 0 spiro atoms. The van der Waals surface area contributed by atoms with Crippen LogP contribution in [-0.4, -0.2) is 57.0 Å². The highest BCUT2D eigenvalue weighted by Crippen LogP contribution is 2.30. The lowest BCUT2D eigenvalue weighted by Crippen LogP contribution is -2.57. The van der Waals surface area contributed by atoms with Gasteiger partial charge < -0.3 is 9.64 Å². The number of hydrogen-bond donors (Lipinski definition) is 0. The van der Waals surface area contributed by atoms with E-state index in [1.165, 1.54) is 0 Å². The second-order valence-corrected chi connectivity index (χ2v) is 8.02. The van der Waals surface area contributed by atoms with Crippen LogP contribution in [0, 0.1) is 13.8 Å². The first-order valence-corrected chi connectivity index (χ1v) is 9.01. The molecule has 5 nitrogen and oxygen atoms in total. The second kappa shape index (κ2) is 6.18. The smallest absolute Gasteiger partial charge is 0.243 e. The molecule has 0 unspecified atom stereocenters. The maximum atomic E-state index is 13.1. The molecule has 0 amide bonds. The lowest BCUT2D eigenvalue weighted by atomic mass is 10.1. The van der Waals surface area contributed by atoms with Crippen molar-refractivity contribution in [3.63, 3.8) is 0 Å². The van der Waals surface area contributed by atoms with Gasteiger partial charge in [-0.3, -0.25) is 0 Å². The van der Waals surface area contributed by atoms with Gasteiger partial charge in [0.2, 0.25) is 10.0 Å². The molecule has 1 heterocycles. The minimum atomic E-state index is -3.49. The Labute approximate surface area is 133 Å². The van der Waals surface area contributed by atoms with Crippen molar-refractivity contribution in [3.05, 3.63) is 23.3 Å². The third-order valence-electron chi connectivity index (χ3n) is 4.80. The molecule has 6 heteroatoms. The molecular formula is C16H26N2O3S. The first-order valence-electron chi connectivity index (χ1n) is 7.57. The molecule has 0 radical (unpaired) electrons. The largest absolute Gasteiger partial charge is 0.496 e. The molecular weight excluding hydrogens is 300 g/mol. The van der Waals surface area contributed by atoms with E-state index in [2.05, 4.69) is 11.8 Å². The summed E-state index contributed by atoms with van der Waals surface area (Å²) in [6.07, 6.45) is 0. The third-order valence-corrected chi connectivity index (χ3v) is 6.93. The van der Waals surface area contributed by atoms with Gasteiger partial charge in [-0.15, -0.1) is 0 Å². The lowest BCUT2D eigenvalue weighted by molar-refractivity contribution is 0.109. The van der Waals surface area contributed by atoms with Crippen molar-refractivity contribution in [1.29, 1.82) is 0 Å². The van der Waals surface area contributed by atoms with Gasteiger partial charge in [-0.25, -0.2) is 8.42 Å². The van der Waals surface area contributed by atoms with E-state index in [4.69, 9.17) is 4.74 Å². The van der Waals surface area contributed by atoms with Crippen LogP contribution < -0.4 is 4.74 Å². The zero-order valence-electron chi connectivity index (χ0n) is 14.3. The summed E-state index contributed by atoms with van der Waals surface area (Å²) in [7, 11) is 0.138. The van der Waals surface area contributed by atoms with Crippen molar-refractivity contribution in [2.45, 2.75) is 44.7 Å². The number of ether oxygens (including phenoxy) is 1. The van der Waals surface area contributed by atoms with Crippen LogP contribution in [0.2, 0.25) is 0 Å². The summed E-state index contributed by atoms with van der Waals surface area (Å²) in [4.78, 5) is 2.58. The van der Waals surface area contributed by atoms with Gasteiger partial charge in [0.1, 0.15) is 5.75 Å². The minimum Gasteiger partial charge on any atom is -0.496 e. The van der Waals surface area contributed by atoms with Gasteiger partial charge in [-0.05, 0) is 58.0 Å². The summed E-state index contributed by atoms with van der Waals surface area (Å²) in [5.41, 5.74) is 1.56. The molecule has 1 aliphatic heterocycles. The van der Waals surface area contributed by atoms with Gasteiger partial charge in [0, 0.05) is 25.2 Å². The maximum Gasteiger partial charge on any atom is 0.243 e. The molecule has 2 rings (SSSR count). The fourth-order valence-electron chi connectivity index (χ4n) is 3.00. The number of likely N-dealkylation sites (N-methyl/N-ethyl adjacent to an activating group) is 1. The van der Waals surface area contributed by atoms with E-state index in [-0.39, 0.29) is 12.1 Å². The van der Waals surface area contributed by atoms with Gasteiger partial charge >= 0.3 is 0 Å². The van der Waals surface area contributed by atoms with Crippen LogP contribution in [0.4, 0.5) is 0 Å². The van der Waals surface area contributed by atoms with E-state index in [0.717, 1.165) is 23.4 Å². The monoisotopic (exact) mass is 326 g/mol. The SMILES string of the molecule is COc1cc(C)c(S(=O)(=O)N2CCN(C)[C@H](C)[C@@H]2C)cc1C. The molecule has 1 aromatic carbocycles. The van der Waals surface area contributed by atoms with Gasteiger partial charge in [0.25, 0.3) is 0 Å². The zero-order valence-corrected chi connectivity index (χ0v) is 15.1. The Morgan fingerprint density at radius 2 is 1.73 bits per heavy atom. The van der Waals surface area contributed by atoms with Gasteiger partial charge in [-0.1, -0.05) is 0 Å². The molecule has 1 fully saturated rings. The number of benzene rings is 1. The quantitative estimate of drug-likeness (QED) is 0.853. The average molecular weight is 326 g/mol. The summed E-state index contributed by atoms with van der Waals surface area (Å²) < 4.78 is 33.1. The summed E-state index contributed by atoms with van der Waals surface area (Å²) in [5, 5.41) is 0. The Morgan fingerprint density at radius 1 is 1.09 bits per heavy atom. The number of nitrogens with zero attached hydrogens (tertiary/aromatic N) is 2. The number of sulfonamides is 1. The molecule has 22 heavy (non-hydrogen) atoms.